The van der Waals surface area contributed by atoms with Crippen LogP contribution < -0.4 is 16.8 Å². The number of hydrogen-bond acceptors (Lipinski definition) is 7. The van der Waals surface area contributed by atoms with E-state index < -0.39 is 5.91 Å². The molecule has 12 heteroatoms. The summed E-state index contributed by atoms with van der Waals surface area (Å²) in [5, 5.41) is 11.7. The van der Waals surface area contributed by atoms with Crippen molar-refractivity contribution in [3.8, 4) is 22.6 Å². The molecule has 1 aromatic carbocycles. The Kier molecular flexibility index (Phi) is 6.77. The predicted octanol–water partition coefficient (Wildman–Crippen LogP) is 4.35. The Balaban J connectivity index is 1.46. The molecule has 0 bridgehead atoms. The van der Waals surface area contributed by atoms with E-state index in [1.807, 2.05) is 13.8 Å². The first-order valence-corrected chi connectivity index (χ1v) is 11.2. The molecule has 0 aliphatic heterocycles. The normalized spacial score (nSPS) is 11.1. The van der Waals surface area contributed by atoms with Crippen LogP contribution in [0.3, 0.4) is 0 Å². The lowest BCUT2D eigenvalue weighted by atomic mass is 10.0. The minimum absolute atomic E-state index is 0.0482. The van der Waals surface area contributed by atoms with Gasteiger partial charge < -0.3 is 16.0 Å². The fraction of sp³-hybridized carbons (Fsp3) is 0.174. The molecule has 10 nitrogen and oxygen atoms in total. The molecule has 0 aliphatic rings. The van der Waals surface area contributed by atoms with Gasteiger partial charge >= 0.3 is 0 Å². The third-order valence-electron chi connectivity index (χ3n) is 5.10. The number of carbonyl (C=O) groups is 2. The lowest BCUT2D eigenvalue weighted by Gasteiger charge is -2.07. The van der Waals surface area contributed by atoms with E-state index in [4.69, 9.17) is 39.2 Å². The monoisotopic (exact) mass is 513 g/mol. The Labute approximate surface area is 210 Å². The Hall–Kier alpha value is -3.89. The van der Waals surface area contributed by atoms with Crippen molar-refractivity contribution in [3.05, 3.63) is 63.8 Å². The molecule has 0 radical (unpaired) electrons. The maximum Gasteiger partial charge on any atom is 0.254 e. The van der Waals surface area contributed by atoms with E-state index in [9.17, 15) is 9.59 Å². The van der Waals surface area contributed by atoms with E-state index in [1.54, 1.807) is 28.9 Å². The zero-order chi connectivity index (χ0) is 25.3. The van der Waals surface area contributed by atoms with Crippen LogP contribution in [0.1, 0.15) is 35.8 Å². The number of nitrogens with two attached hydrogens (primary N) is 2. The topological polar surface area (TPSA) is 155 Å². The Morgan fingerprint density at radius 1 is 1.14 bits per heavy atom. The number of nitrogens with zero attached hydrogens (tertiary/aromatic N) is 4. The number of nitrogens with one attached hydrogen (secondary N) is 1. The maximum absolute atomic E-state index is 12.5. The van der Waals surface area contributed by atoms with Crippen molar-refractivity contribution in [3.63, 3.8) is 0 Å². The van der Waals surface area contributed by atoms with Crippen LogP contribution in [0.2, 0.25) is 10.0 Å². The van der Waals surface area contributed by atoms with Crippen molar-refractivity contribution >= 4 is 46.7 Å². The summed E-state index contributed by atoms with van der Waals surface area (Å²) in [7, 11) is 0. The quantitative estimate of drug-likeness (QED) is 0.331. The molecule has 5 N–H and O–H groups in total. The summed E-state index contributed by atoms with van der Waals surface area (Å²) in [6.45, 7) is 3.80. The van der Waals surface area contributed by atoms with E-state index in [0.717, 1.165) is 5.56 Å². The van der Waals surface area contributed by atoms with Crippen molar-refractivity contribution in [2.75, 3.05) is 11.1 Å². The average molecular weight is 514 g/mol. The minimum Gasteiger partial charge on any atom is -0.383 e. The number of aromatic nitrogens is 4. The third-order valence-corrected chi connectivity index (χ3v) is 5.59. The smallest absolute Gasteiger partial charge is 0.254 e. The summed E-state index contributed by atoms with van der Waals surface area (Å²) in [6.07, 6.45) is 1.51. The van der Waals surface area contributed by atoms with Crippen molar-refractivity contribution in [2.45, 2.75) is 26.3 Å². The number of nitrogen functional groups attached to an aromatic ring is 1. The molecule has 0 saturated heterocycles. The number of halogens is 2. The van der Waals surface area contributed by atoms with Crippen molar-refractivity contribution in [1.29, 1.82) is 0 Å². The molecule has 4 aromatic rings. The maximum atomic E-state index is 12.5. The van der Waals surface area contributed by atoms with Gasteiger partial charge in [0.25, 0.3) is 5.91 Å². The van der Waals surface area contributed by atoms with Crippen LogP contribution in [0, 0.1) is 0 Å². The van der Waals surface area contributed by atoms with Gasteiger partial charge in [-0.15, -0.1) is 0 Å². The number of hydrogen-bond donors (Lipinski definition) is 3. The molecule has 0 aliphatic carbocycles. The molecule has 0 spiro atoms. The lowest BCUT2D eigenvalue weighted by Crippen LogP contribution is -2.15. The Bertz CT molecular complexity index is 1410. The highest BCUT2D eigenvalue weighted by Crippen LogP contribution is 2.30. The van der Waals surface area contributed by atoms with Crippen molar-refractivity contribution in [1.82, 2.24) is 19.9 Å². The number of benzene rings is 1. The SMILES string of the molecule is CC(C)n1nc(-c2ccc(CC(=O)Nc3cc(-c4ncc(Cl)cc4Cl)no3)cc2)c(C(N)=O)c1N. The van der Waals surface area contributed by atoms with Crippen LogP contribution in [0.5, 0.6) is 0 Å². The number of carbonyl (C=O) groups excluding carboxylic acids is 2. The summed E-state index contributed by atoms with van der Waals surface area (Å²) in [5.41, 5.74) is 14.3. The van der Waals surface area contributed by atoms with Gasteiger partial charge in [-0.1, -0.05) is 52.6 Å². The average Bonchev–Trinajstić information content (AvgIpc) is 3.38. The molecular weight excluding hydrogens is 493 g/mol. The molecule has 2 amide bonds. The summed E-state index contributed by atoms with van der Waals surface area (Å²) in [4.78, 5) is 28.6. The van der Waals surface area contributed by atoms with Gasteiger partial charge in [-0.25, -0.2) is 4.68 Å². The molecule has 180 valence electrons. The Morgan fingerprint density at radius 3 is 2.49 bits per heavy atom. The second kappa shape index (κ2) is 9.77. The molecule has 3 aromatic heterocycles. The number of primary amides is 1. The summed E-state index contributed by atoms with van der Waals surface area (Å²) in [6, 6.07) is 10.0. The van der Waals surface area contributed by atoms with Gasteiger partial charge in [-0.05, 0) is 25.5 Å². The molecule has 4 rings (SSSR count). The van der Waals surface area contributed by atoms with E-state index >= 15 is 0 Å². The number of pyridine rings is 1. The van der Waals surface area contributed by atoms with Gasteiger partial charge in [0.2, 0.25) is 11.8 Å². The highest BCUT2D eigenvalue weighted by molar-refractivity contribution is 6.36. The summed E-state index contributed by atoms with van der Waals surface area (Å²) < 4.78 is 6.73. The first-order chi connectivity index (χ1) is 16.6. The summed E-state index contributed by atoms with van der Waals surface area (Å²) >= 11 is 12.0. The second-order valence-corrected chi connectivity index (χ2v) is 8.84. The van der Waals surface area contributed by atoms with Gasteiger partial charge in [0, 0.05) is 23.9 Å². The first-order valence-electron chi connectivity index (χ1n) is 10.5. The van der Waals surface area contributed by atoms with Gasteiger partial charge in [0.15, 0.2) is 0 Å². The van der Waals surface area contributed by atoms with Crippen LogP contribution in [-0.4, -0.2) is 31.7 Å². The van der Waals surface area contributed by atoms with E-state index in [1.165, 1.54) is 18.3 Å². The fourth-order valence-corrected chi connectivity index (χ4v) is 3.96. The van der Waals surface area contributed by atoms with Crippen molar-refractivity contribution < 1.29 is 14.1 Å². The van der Waals surface area contributed by atoms with Crippen LogP contribution in [0.25, 0.3) is 22.6 Å². The molecule has 35 heavy (non-hydrogen) atoms. The first kappa shape index (κ1) is 24.2. The number of amides is 2. The molecule has 0 unspecified atom stereocenters. The van der Waals surface area contributed by atoms with E-state index in [0.29, 0.717) is 32.7 Å². The Morgan fingerprint density at radius 2 is 1.86 bits per heavy atom. The molecular formula is C23H21Cl2N7O3. The van der Waals surface area contributed by atoms with Gasteiger partial charge in [0.1, 0.15) is 28.5 Å². The molecule has 0 atom stereocenters. The standard InChI is InChI=1S/C23H21Cl2N7O3/c1-11(2)32-22(26)19(23(27)34)20(30-32)13-5-3-12(4-6-13)7-17(33)29-18-9-16(31-35-18)21-15(25)8-14(24)10-28-21/h3-6,8-11H,7,26H2,1-2H3,(H2,27,34)(H,29,33). The van der Waals surface area contributed by atoms with E-state index in [2.05, 4.69) is 20.6 Å². The fourth-order valence-electron chi connectivity index (χ4n) is 3.48. The lowest BCUT2D eigenvalue weighted by molar-refractivity contribution is -0.115. The van der Waals surface area contributed by atoms with Crippen molar-refractivity contribution in [2.24, 2.45) is 5.73 Å². The number of rotatable bonds is 7. The summed E-state index contributed by atoms with van der Waals surface area (Å²) in [5.74, 6) is -0.612. The van der Waals surface area contributed by atoms with Crippen LogP contribution in [0.15, 0.2) is 47.1 Å². The molecule has 3 heterocycles. The number of anilines is 2. The predicted molar refractivity (Wildman–Crippen MR) is 133 cm³/mol. The van der Waals surface area contributed by atoms with Crippen LogP contribution >= 0.6 is 23.2 Å². The molecule has 0 saturated carbocycles. The van der Waals surface area contributed by atoms with Crippen LogP contribution in [0.4, 0.5) is 11.7 Å². The van der Waals surface area contributed by atoms with Gasteiger partial charge in [-0.2, -0.15) is 5.10 Å². The minimum atomic E-state index is -0.658. The van der Waals surface area contributed by atoms with E-state index in [-0.39, 0.29) is 35.6 Å². The third kappa shape index (κ3) is 5.13. The highest BCUT2D eigenvalue weighted by atomic mass is 35.5. The zero-order valence-electron chi connectivity index (χ0n) is 18.8. The van der Waals surface area contributed by atoms with Gasteiger partial charge in [-0.3, -0.25) is 19.9 Å². The largest absolute Gasteiger partial charge is 0.383 e. The zero-order valence-corrected chi connectivity index (χ0v) is 20.3. The van der Waals surface area contributed by atoms with Crippen LogP contribution in [-0.2, 0) is 11.2 Å². The second-order valence-electron chi connectivity index (χ2n) is 7.99. The highest BCUT2D eigenvalue weighted by Gasteiger charge is 2.22. The van der Waals surface area contributed by atoms with Gasteiger partial charge in [0.05, 0.1) is 16.5 Å². The molecule has 0 fully saturated rings.